The topological polar surface area (TPSA) is 38.3 Å². The van der Waals surface area contributed by atoms with E-state index in [4.69, 9.17) is 4.74 Å². The van der Waals surface area contributed by atoms with E-state index in [1.165, 1.54) is 0 Å². The van der Waals surface area contributed by atoms with Crippen LogP contribution in [0.5, 0.6) is 0 Å². The molecule has 3 heteroatoms. The second kappa shape index (κ2) is 6.76. The van der Waals surface area contributed by atoms with Gasteiger partial charge in [-0.3, -0.25) is 0 Å². The van der Waals surface area contributed by atoms with Crippen molar-refractivity contribution in [3.63, 3.8) is 0 Å². The number of fused-ring (bicyclic) bond motifs is 1. The van der Waals surface area contributed by atoms with Crippen LogP contribution in [0.3, 0.4) is 0 Å². The number of amides is 1. The third-order valence-electron chi connectivity index (χ3n) is 3.38. The van der Waals surface area contributed by atoms with Gasteiger partial charge < -0.3 is 10.1 Å². The van der Waals surface area contributed by atoms with Crippen molar-refractivity contribution in [2.75, 3.05) is 0 Å². The zero-order chi connectivity index (χ0) is 15.2. The number of alkyl carbamates (subject to hydrolysis) is 1. The summed E-state index contributed by atoms with van der Waals surface area (Å²) in [6.07, 6.45) is -0.426. The highest BCUT2D eigenvalue weighted by atomic mass is 16.5. The predicted molar refractivity (Wildman–Crippen MR) is 86.3 cm³/mol. The first-order valence-corrected chi connectivity index (χ1v) is 7.15. The summed E-state index contributed by atoms with van der Waals surface area (Å²) in [6.45, 7) is 0.673. The van der Waals surface area contributed by atoms with Crippen LogP contribution in [-0.4, -0.2) is 6.09 Å². The molecule has 1 radical (unpaired) electrons. The summed E-state index contributed by atoms with van der Waals surface area (Å²) in [5.74, 6) is 0. The highest BCUT2D eigenvalue weighted by Gasteiger charge is 2.03. The van der Waals surface area contributed by atoms with Crippen molar-refractivity contribution >= 4 is 16.9 Å². The normalized spacial score (nSPS) is 10.4. The van der Waals surface area contributed by atoms with E-state index in [0.29, 0.717) is 6.54 Å². The molecule has 0 heterocycles. The lowest BCUT2D eigenvalue weighted by molar-refractivity contribution is 0.139. The second-order valence-corrected chi connectivity index (χ2v) is 5.00. The van der Waals surface area contributed by atoms with Crippen LogP contribution < -0.4 is 5.32 Å². The fraction of sp³-hybridized carbons (Fsp3) is 0.105. The number of hydrogen-bond donors (Lipinski definition) is 1. The third-order valence-corrected chi connectivity index (χ3v) is 3.38. The molecule has 0 unspecified atom stereocenters. The maximum absolute atomic E-state index is 11.7. The minimum atomic E-state index is -0.426. The molecule has 0 bridgehead atoms. The first-order chi connectivity index (χ1) is 10.8. The minimum Gasteiger partial charge on any atom is -0.445 e. The Hall–Kier alpha value is -2.81. The minimum absolute atomic E-state index is 0.214. The Balaban J connectivity index is 1.53. The molecule has 3 aromatic rings. The van der Waals surface area contributed by atoms with Crippen molar-refractivity contribution in [2.45, 2.75) is 13.2 Å². The highest BCUT2D eigenvalue weighted by molar-refractivity contribution is 5.82. The summed E-state index contributed by atoms with van der Waals surface area (Å²) in [5.41, 5.74) is 1.89. The monoisotopic (exact) mass is 290 g/mol. The van der Waals surface area contributed by atoms with Gasteiger partial charge in [-0.05, 0) is 40.1 Å². The lowest BCUT2D eigenvalue weighted by Gasteiger charge is -2.07. The lowest BCUT2D eigenvalue weighted by atomic mass is 10.1. The Kier molecular flexibility index (Phi) is 4.35. The molecule has 3 nitrogen and oxygen atoms in total. The van der Waals surface area contributed by atoms with Gasteiger partial charge in [0.1, 0.15) is 6.61 Å². The smallest absolute Gasteiger partial charge is 0.407 e. The summed E-state index contributed by atoms with van der Waals surface area (Å²) >= 11 is 0. The average Bonchev–Trinajstić information content (AvgIpc) is 2.59. The van der Waals surface area contributed by atoms with E-state index in [0.717, 1.165) is 21.9 Å². The van der Waals surface area contributed by atoms with Crippen LogP contribution >= 0.6 is 0 Å². The number of hydrogen-bond acceptors (Lipinski definition) is 2. The zero-order valence-electron chi connectivity index (χ0n) is 12.1. The number of benzene rings is 3. The summed E-state index contributed by atoms with van der Waals surface area (Å²) in [6, 6.07) is 24.8. The Bertz CT molecular complexity index is 769. The Labute approximate surface area is 129 Å². The molecule has 0 saturated carbocycles. The predicted octanol–water partition coefficient (Wildman–Crippen LogP) is 4.07. The van der Waals surface area contributed by atoms with Gasteiger partial charge in [-0.15, -0.1) is 0 Å². The second-order valence-electron chi connectivity index (χ2n) is 5.00. The van der Waals surface area contributed by atoms with Crippen LogP contribution in [0, 0.1) is 6.07 Å². The number of carbonyl (C=O) groups is 1. The summed E-state index contributed by atoms with van der Waals surface area (Å²) in [7, 11) is 0. The molecule has 0 fully saturated rings. The molecule has 1 amide bonds. The van der Waals surface area contributed by atoms with Gasteiger partial charge in [0.15, 0.2) is 0 Å². The van der Waals surface area contributed by atoms with Crippen molar-refractivity contribution in [3.05, 3.63) is 83.9 Å². The summed E-state index contributed by atoms with van der Waals surface area (Å²) in [4.78, 5) is 11.7. The van der Waals surface area contributed by atoms with Gasteiger partial charge in [-0.1, -0.05) is 54.6 Å². The molecular weight excluding hydrogens is 274 g/mol. The van der Waals surface area contributed by atoms with Crippen molar-refractivity contribution in [2.24, 2.45) is 0 Å². The molecule has 0 atom stereocenters. The van der Waals surface area contributed by atoms with Crippen molar-refractivity contribution < 1.29 is 9.53 Å². The molecule has 0 aliphatic carbocycles. The van der Waals surface area contributed by atoms with Gasteiger partial charge in [0.05, 0.1) is 0 Å². The average molecular weight is 290 g/mol. The van der Waals surface area contributed by atoms with Gasteiger partial charge in [0, 0.05) is 6.54 Å². The third kappa shape index (κ3) is 3.64. The zero-order valence-corrected chi connectivity index (χ0v) is 12.1. The van der Waals surface area contributed by atoms with Crippen LogP contribution in [0.4, 0.5) is 4.79 Å². The van der Waals surface area contributed by atoms with Crippen molar-refractivity contribution in [1.29, 1.82) is 0 Å². The first kappa shape index (κ1) is 14.1. The number of rotatable bonds is 4. The maximum atomic E-state index is 11.7. The molecular formula is C19H16NO2. The molecule has 109 valence electrons. The molecule has 0 aliphatic heterocycles. The van der Waals surface area contributed by atoms with Gasteiger partial charge in [-0.2, -0.15) is 0 Å². The molecule has 3 rings (SSSR count). The molecule has 3 aromatic carbocycles. The van der Waals surface area contributed by atoms with E-state index >= 15 is 0 Å². The van der Waals surface area contributed by atoms with E-state index in [9.17, 15) is 4.79 Å². The fourth-order valence-corrected chi connectivity index (χ4v) is 2.22. The standard InChI is InChI=1S/C19H16NO2/c21-19(20-13-15-6-2-1-3-7-15)22-14-16-10-11-17-8-4-5-9-18(17)12-16/h1-9,11-12H,13-14H2,(H,20,21). The van der Waals surface area contributed by atoms with E-state index in [1.807, 2.05) is 66.7 Å². The largest absolute Gasteiger partial charge is 0.445 e. The van der Waals surface area contributed by atoms with Gasteiger partial charge in [0.2, 0.25) is 0 Å². The Morgan fingerprint density at radius 3 is 2.55 bits per heavy atom. The number of nitrogens with one attached hydrogen (secondary N) is 1. The molecule has 0 saturated heterocycles. The van der Waals surface area contributed by atoms with Crippen LogP contribution in [0.15, 0.2) is 66.7 Å². The van der Waals surface area contributed by atoms with Crippen LogP contribution in [0.2, 0.25) is 0 Å². The molecule has 22 heavy (non-hydrogen) atoms. The fourth-order valence-electron chi connectivity index (χ4n) is 2.22. The van der Waals surface area contributed by atoms with Gasteiger partial charge >= 0.3 is 6.09 Å². The van der Waals surface area contributed by atoms with E-state index in [2.05, 4.69) is 11.4 Å². The quantitative estimate of drug-likeness (QED) is 0.786. The van der Waals surface area contributed by atoms with Gasteiger partial charge in [-0.25, -0.2) is 4.79 Å². The summed E-state index contributed by atoms with van der Waals surface area (Å²) < 4.78 is 5.22. The highest BCUT2D eigenvalue weighted by Crippen LogP contribution is 2.15. The molecule has 0 spiro atoms. The Morgan fingerprint density at radius 1 is 1.00 bits per heavy atom. The van der Waals surface area contributed by atoms with E-state index in [-0.39, 0.29) is 6.61 Å². The SMILES string of the molecule is O=C(NCc1ccccc1)OCc1[c]cc2ccccc2c1. The van der Waals surface area contributed by atoms with Crippen LogP contribution in [0.1, 0.15) is 11.1 Å². The van der Waals surface area contributed by atoms with E-state index < -0.39 is 6.09 Å². The molecule has 1 N–H and O–H groups in total. The first-order valence-electron chi connectivity index (χ1n) is 7.15. The molecule has 0 aromatic heterocycles. The molecule has 0 aliphatic rings. The number of ether oxygens (including phenoxy) is 1. The van der Waals surface area contributed by atoms with Crippen molar-refractivity contribution in [3.8, 4) is 0 Å². The van der Waals surface area contributed by atoms with Crippen LogP contribution in [0.25, 0.3) is 10.8 Å². The number of carbonyl (C=O) groups excluding carboxylic acids is 1. The Morgan fingerprint density at radius 2 is 1.73 bits per heavy atom. The maximum Gasteiger partial charge on any atom is 0.407 e. The van der Waals surface area contributed by atoms with Gasteiger partial charge in [0.25, 0.3) is 0 Å². The van der Waals surface area contributed by atoms with Crippen LogP contribution in [-0.2, 0) is 17.9 Å². The summed E-state index contributed by atoms with van der Waals surface area (Å²) in [5, 5.41) is 4.97. The van der Waals surface area contributed by atoms with Crippen molar-refractivity contribution in [1.82, 2.24) is 5.32 Å². The lowest BCUT2D eigenvalue weighted by Crippen LogP contribution is -2.23. The van der Waals surface area contributed by atoms with E-state index in [1.54, 1.807) is 0 Å².